The first-order valence-corrected chi connectivity index (χ1v) is 10.5. The zero-order chi connectivity index (χ0) is 14.7. The molecule has 0 saturated carbocycles. The molecule has 0 aromatic carbocycles. The van der Waals surface area contributed by atoms with E-state index >= 15 is 0 Å². The fraction of sp³-hybridized carbons (Fsp3) is 0.778. The molecule has 0 bridgehead atoms. The molecular weight excluding hydrogens is 243 g/mol. The number of allylic oxidation sites excluding steroid dienone is 4. The lowest BCUT2D eigenvalue weighted by molar-refractivity contribution is 0.674. The normalized spacial score (nSPS) is 17.4. The van der Waals surface area contributed by atoms with Crippen LogP contribution >= 0.6 is 0 Å². The van der Waals surface area contributed by atoms with Gasteiger partial charge in [0.1, 0.15) is 0 Å². The van der Waals surface area contributed by atoms with Crippen LogP contribution in [0.2, 0.25) is 15.8 Å². The van der Waals surface area contributed by atoms with Crippen molar-refractivity contribution < 1.29 is 0 Å². The molecule has 1 rings (SSSR count). The molecular formula is C18H33Al. The third kappa shape index (κ3) is 4.51. The highest BCUT2D eigenvalue weighted by Gasteiger charge is 2.30. The Balaban J connectivity index is 2.80. The fourth-order valence-corrected chi connectivity index (χ4v) is 8.37. The van der Waals surface area contributed by atoms with E-state index in [-0.39, 0.29) is 0 Å². The summed E-state index contributed by atoms with van der Waals surface area (Å²) in [5, 5.41) is 4.55. The van der Waals surface area contributed by atoms with E-state index in [1.807, 2.05) is 0 Å². The van der Waals surface area contributed by atoms with Crippen molar-refractivity contribution in [2.75, 3.05) is 0 Å². The molecule has 1 heteroatoms. The molecule has 0 radical (unpaired) electrons. The van der Waals surface area contributed by atoms with Crippen molar-refractivity contribution in [3.63, 3.8) is 0 Å². The van der Waals surface area contributed by atoms with Crippen LogP contribution in [-0.4, -0.2) is 14.1 Å². The van der Waals surface area contributed by atoms with Gasteiger partial charge in [-0.2, -0.15) is 0 Å². The summed E-state index contributed by atoms with van der Waals surface area (Å²) in [5.41, 5.74) is 6.48. The highest BCUT2D eigenvalue weighted by Crippen LogP contribution is 2.40. The molecule has 0 aromatic rings. The Hall–Kier alpha value is 0.0125. The second-order valence-electron chi connectivity index (χ2n) is 7.53. The van der Waals surface area contributed by atoms with Gasteiger partial charge in [0.15, 0.2) is 0 Å². The van der Waals surface area contributed by atoms with Gasteiger partial charge < -0.3 is 0 Å². The van der Waals surface area contributed by atoms with Crippen molar-refractivity contribution in [3.8, 4) is 0 Å². The van der Waals surface area contributed by atoms with E-state index in [0.717, 1.165) is 17.8 Å². The summed E-state index contributed by atoms with van der Waals surface area (Å²) >= 11 is -0.603. The fourth-order valence-electron chi connectivity index (χ4n) is 3.75. The molecule has 1 aliphatic carbocycles. The third-order valence-corrected chi connectivity index (χ3v) is 9.33. The monoisotopic (exact) mass is 276 g/mol. The second-order valence-corrected chi connectivity index (χ2v) is 10.7. The van der Waals surface area contributed by atoms with E-state index in [4.69, 9.17) is 0 Å². The molecule has 19 heavy (non-hydrogen) atoms. The summed E-state index contributed by atoms with van der Waals surface area (Å²) in [6, 6.07) is 0. The second kappa shape index (κ2) is 7.14. The van der Waals surface area contributed by atoms with E-state index in [2.05, 4.69) is 55.4 Å². The summed E-state index contributed by atoms with van der Waals surface area (Å²) in [7, 11) is 0. The molecule has 0 fully saturated rings. The van der Waals surface area contributed by atoms with Crippen molar-refractivity contribution in [1.29, 1.82) is 0 Å². The van der Waals surface area contributed by atoms with E-state index in [0.29, 0.717) is 0 Å². The summed E-state index contributed by atoms with van der Waals surface area (Å²) in [4.78, 5) is 0. The highest BCUT2D eigenvalue weighted by molar-refractivity contribution is 6.59. The predicted molar refractivity (Wildman–Crippen MR) is 90.1 cm³/mol. The molecule has 0 aromatic heterocycles. The van der Waals surface area contributed by atoms with Crippen molar-refractivity contribution >= 4 is 14.1 Å². The summed E-state index contributed by atoms with van der Waals surface area (Å²) < 4.78 is 0. The van der Waals surface area contributed by atoms with Gasteiger partial charge in [0.25, 0.3) is 14.1 Å². The average molecular weight is 276 g/mol. The van der Waals surface area contributed by atoms with Crippen LogP contribution < -0.4 is 0 Å². The smallest absolute Gasteiger partial charge is 0.0915 e. The van der Waals surface area contributed by atoms with Crippen molar-refractivity contribution in [2.45, 2.75) is 71.2 Å². The summed E-state index contributed by atoms with van der Waals surface area (Å²) in [5.74, 6) is 2.55. The number of hydrogen-bond donors (Lipinski definition) is 0. The van der Waals surface area contributed by atoms with Gasteiger partial charge in [-0.15, -0.1) is 0 Å². The Labute approximate surface area is 125 Å². The van der Waals surface area contributed by atoms with Crippen LogP contribution in [0.25, 0.3) is 0 Å². The average Bonchev–Trinajstić information content (AvgIpc) is 2.45. The minimum absolute atomic E-state index is 0.603. The lowest BCUT2D eigenvalue weighted by atomic mass is 9.99. The molecule has 0 aliphatic heterocycles. The topological polar surface area (TPSA) is 0 Å². The lowest BCUT2D eigenvalue weighted by Crippen LogP contribution is -2.22. The van der Waals surface area contributed by atoms with Crippen molar-refractivity contribution in [1.82, 2.24) is 0 Å². The Morgan fingerprint density at radius 1 is 0.789 bits per heavy atom. The Kier molecular flexibility index (Phi) is 6.42. The first-order valence-electron chi connectivity index (χ1n) is 8.09. The zero-order valence-electron chi connectivity index (χ0n) is 14.4. The largest absolute Gasteiger partial charge is 0.263 e. The molecule has 0 unspecified atom stereocenters. The molecule has 108 valence electrons. The maximum Gasteiger partial charge on any atom is 0.263 e. The van der Waals surface area contributed by atoms with Gasteiger partial charge in [-0.1, -0.05) is 66.5 Å². The maximum absolute atomic E-state index is 2.40. The van der Waals surface area contributed by atoms with Crippen LogP contribution in [0, 0.1) is 17.8 Å². The Bertz CT molecular complexity index is 337. The third-order valence-electron chi connectivity index (χ3n) is 4.97. The molecule has 0 N–H and O–H groups in total. The van der Waals surface area contributed by atoms with Crippen molar-refractivity contribution in [3.05, 3.63) is 22.3 Å². The first-order chi connectivity index (χ1) is 8.73. The predicted octanol–water partition coefficient (Wildman–Crippen LogP) is 6.10. The minimum atomic E-state index is -0.603. The first kappa shape index (κ1) is 17.1. The summed E-state index contributed by atoms with van der Waals surface area (Å²) in [6.45, 7) is 19.0. The minimum Gasteiger partial charge on any atom is -0.0915 e. The van der Waals surface area contributed by atoms with Gasteiger partial charge in [0.2, 0.25) is 0 Å². The molecule has 0 heterocycles. The van der Waals surface area contributed by atoms with E-state index in [1.165, 1.54) is 15.8 Å². The Morgan fingerprint density at radius 2 is 1.16 bits per heavy atom. The molecule has 0 nitrogen and oxygen atoms in total. The van der Waals surface area contributed by atoms with Crippen LogP contribution in [-0.2, 0) is 0 Å². The van der Waals surface area contributed by atoms with E-state index in [1.54, 1.807) is 22.3 Å². The molecule has 0 atom stereocenters. The van der Waals surface area contributed by atoms with Crippen LogP contribution in [0.15, 0.2) is 22.3 Å². The van der Waals surface area contributed by atoms with Gasteiger partial charge in [0.05, 0.1) is 0 Å². The highest BCUT2D eigenvalue weighted by atomic mass is 27.2. The van der Waals surface area contributed by atoms with Gasteiger partial charge in [-0.05, 0) is 44.8 Å². The SMILES string of the molecule is CC1=C(C)C([CH2][Al]([CH2]C(C)C)[CH2]C(C)C)C(C)=C1C. The maximum atomic E-state index is 2.40. The number of hydrogen-bond acceptors (Lipinski definition) is 0. The van der Waals surface area contributed by atoms with Crippen LogP contribution in [0.5, 0.6) is 0 Å². The Morgan fingerprint density at radius 3 is 1.47 bits per heavy atom. The van der Waals surface area contributed by atoms with Crippen LogP contribution in [0.1, 0.15) is 55.4 Å². The lowest BCUT2D eigenvalue weighted by Gasteiger charge is -2.22. The van der Waals surface area contributed by atoms with Gasteiger partial charge in [-0.25, -0.2) is 0 Å². The van der Waals surface area contributed by atoms with Crippen LogP contribution in [0.3, 0.4) is 0 Å². The van der Waals surface area contributed by atoms with Crippen molar-refractivity contribution in [2.24, 2.45) is 17.8 Å². The molecule has 0 spiro atoms. The van der Waals surface area contributed by atoms with E-state index < -0.39 is 14.1 Å². The molecule has 0 saturated heterocycles. The zero-order valence-corrected chi connectivity index (χ0v) is 15.6. The van der Waals surface area contributed by atoms with Gasteiger partial charge in [0, 0.05) is 0 Å². The molecule has 0 amide bonds. The number of rotatable bonds is 6. The van der Waals surface area contributed by atoms with Crippen LogP contribution in [0.4, 0.5) is 0 Å². The van der Waals surface area contributed by atoms with E-state index in [9.17, 15) is 0 Å². The van der Waals surface area contributed by atoms with Gasteiger partial charge >= 0.3 is 0 Å². The molecule has 1 aliphatic rings. The summed E-state index contributed by atoms with van der Waals surface area (Å²) in [6.07, 6.45) is 0. The van der Waals surface area contributed by atoms with Gasteiger partial charge in [-0.3, -0.25) is 0 Å². The quantitative estimate of drug-likeness (QED) is 0.514. The standard InChI is InChI=1S/C10H15.2C4H9.Al/c1-6-7(2)9(4)10(5)8(6)3;2*1-4(2)3;/h6H,1H2,2-5H3;2*4H,1H2,2-3H3;.